The van der Waals surface area contributed by atoms with Crippen LogP contribution in [0.5, 0.6) is 0 Å². The van der Waals surface area contributed by atoms with Crippen molar-refractivity contribution in [2.75, 3.05) is 10.6 Å². The molecular weight excluding hydrogens is 606 g/mol. The van der Waals surface area contributed by atoms with E-state index in [0.29, 0.717) is 64.0 Å². The van der Waals surface area contributed by atoms with Crippen molar-refractivity contribution in [2.24, 2.45) is 0 Å². The molecule has 0 saturated heterocycles. The fraction of sp³-hybridized carbons (Fsp3) is 0. The van der Waals surface area contributed by atoms with E-state index in [-0.39, 0.29) is 11.8 Å². The Kier molecular flexibility index (Phi) is 7.99. The van der Waals surface area contributed by atoms with E-state index in [0.717, 1.165) is 0 Å². The largest absolute Gasteiger partial charge is 0.298 e. The van der Waals surface area contributed by atoms with E-state index < -0.39 is 0 Å². The summed E-state index contributed by atoms with van der Waals surface area (Å²) in [5.41, 5.74) is 3.43. The predicted octanol–water partition coefficient (Wildman–Crippen LogP) is 9.05. The van der Waals surface area contributed by atoms with Crippen molar-refractivity contribution < 1.29 is 9.59 Å². The fourth-order valence-corrected chi connectivity index (χ4v) is 5.84. The molecule has 0 bridgehead atoms. The van der Waals surface area contributed by atoms with Crippen LogP contribution in [0.25, 0.3) is 22.5 Å². The number of aromatic nitrogens is 2. The van der Waals surface area contributed by atoms with Gasteiger partial charge in [-0.15, -0.1) is 22.7 Å². The van der Waals surface area contributed by atoms with E-state index in [4.69, 9.17) is 46.4 Å². The van der Waals surface area contributed by atoms with Crippen molar-refractivity contribution >= 4 is 91.2 Å². The van der Waals surface area contributed by atoms with Crippen LogP contribution in [0.3, 0.4) is 0 Å². The molecular formula is C26H14Cl4N4O2S2. The van der Waals surface area contributed by atoms with Crippen molar-refractivity contribution in [3.8, 4) is 22.5 Å². The zero-order valence-corrected chi connectivity index (χ0v) is 23.6. The third kappa shape index (κ3) is 6.02. The Labute approximate surface area is 245 Å². The first-order valence-corrected chi connectivity index (χ1v) is 14.1. The lowest BCUT2D eigenvalue weighted by Crippen LogP contribution is -2.14. The van der Waals surface area contributed by atoms with Crippen LogP contribution >= 0.6 is 69.1 Å². The standard InChI is InChI=1S/C26H14Cl4N4O2S2/c27-15-5-7-17(19(29)9-15)21-11-37-25(31-21)33-23(35)13-1-2-14(4-3-13)24(36)34-26-32-22(12-38-26)18-8-6-16(28)10-20(18)30/h1-12H,(H,31,33,35)(H,32,34,36). The minimum atomic E-state index is -0.357. The molecule has 0 saturated carbocycles. The third-order valence-corrected chi connectivity index (χ3v) is 7.88. The van der Waals surface area contributed by atoms with Gasteiger partial charge in [0.05, 0.1) is 21.4 Å². The molecule has 0 unspecified atom stereocenters. The monoisotopic (exact) mass is 618 g/mol. The summed E-state index contributed by atoms with van der Waals surface area (Å²) in [6.45, 7) is 0. The summed E-state index contributed by atoms with van der Waals surface area (Å²) < 4.78 is 0. The van der Waals surface area contributed by atoms with Crippen molar-refractivity contribution in [1.82, 2.24) is 9.97 Å². The van der Waals surface area contributed by atoms with Crippen LogP contribution in [0, 0.1) is 0 Å². The number of carbonyl (C=O) groups excluding carboxylic acids is 2. The van der Waals surface area contributed by atoms with Crippen molar-refractivity contribution in [3.05, 3.63) is 103 Å². The molecule has 5 rings (SSSR count). The quantitative estimate of drug-likeness (QED) is 0.198. The van der Waals surface area contributed by atoms with Crippen LogP contribution in [0.1, 0.15) is 20.7 Å². The average Bonchev–Trinajstić information content (AvgIpc) is 3.54. The molecule has 190 valence electrons. The second-order valence-corrected chi connectivity index (χ2v) is 11.2. The van der Waals surface area contributed by atoms with Gasteiger partial charge < -0.3 is 0 Å². The van der Waals surface area contributed by atoms with E-state index in [1.165, 1.54) is 22.7 Å². The minimum Gasteiger partial charge on any atom is -0.298 e. The van der Waals surface area contributed by atoms with E-state index in [1.807, 2.05) is 0 Å². The van der Waals surface area contributed by atoms with Gasteiger partial charge in [0, 0.05) is 43.1 Å². The van der Waals surface area contributed by atoms with Gasteiger partial charge in [0.15, 0.2) is 10.3 Å². The zero-order valence-electron chi connectivity index (χ0n) is 19.0. The molecule has 3 aromatic carbocycles. The smallest absolute Gasteiger partial charge is 0.257 e. The van der Waals surface area contributed by atoms with Gasteiger partial charge >= 0.3 is 0 Å². The first-order valence-electron chi connectivity index (χ1n) is 10.8. The lowest BCUT2D eigenvalue weighted by molar-refractivity contribution is 0.101. The number of nitrogens with one attached hydrogen (secondary N) is 2. The minimum absolute atomic E-state index is 0.357. The molecule has 2 heterocycles. The normalized spacial score (nSPS) is 10.8. The Morgan fingerprint density at radius 1 is 0.605 bits per heavy atom. The number of amides is 2. The van der Waals surface area contributed by atoms with Gasteiger partial charge in [0.25, 0.3) is 11.8 Å². The maximum absolute atomic E-state index is 12.7. The van der Waals surface area contributed by atoms with Gasteiger partial charge in [0.2, 0.25) is 0 Å². The molecule has 0 aliphatic rings. The second-order valence-electron chi connectivity index (χ2n) is 7.81. The summed E-state index contributed by atoms with van der Waals surface area (Å²) in [5.74, 6) is -0.714. The average molecular weight is 620 g/mol. The summed E-state index contributed by atoms with van der Waals surface area (Å²) in [6, 6.07) is 16.5. The lowest BCUT2D eigenvalue weighted by atomic mass is 10.1. The third-order valence-electron chi connectivity index (χ3n) is 5.27. The number of benzene rings is 3. The Balaban J connectivity index is 1.22. The summed E-state index contributed by atoms with van der Waals surface area (Å²) in [7, 11) is 0. The molecule has 0 radical (unpaired) electrons. The molecule has 6 nitrogen and oxygen atoms in total. The maximum Gasteiger partial charge on any atom is 0.257 e. The Bertz CT molecular complexity index is 1550. The van der Waals surface area contributed by atoms with Gasteiger partial charge in [0.1, 0.15) is 0 Å². The molecule has 0 atom stereocenters. The molecule has 2 aromatic heterocycles. The zero-order chi connectivity index (χ0) is 26.8. The highest BCUT2D eigenvalue weighted by molar-refractivity contribution is 7.14. The first-order chi connectivity index (χ1) is 18.3. The van der Waals surface area contributed by atoms with Crippen LogP contribution in [0.15, 0.2) is 71.4 Å². The van der Waals surface area contributed by atoms with Crippen molar-refractivity contribution in [2.45, 2.75) is 0 Å². The summed E-state index contributed by atoms with van der Waals surface area (Å²) in [4.78, 5) is 34.3. The number of nitrogens with zero attached hydrogens (tertiary/aromatic N) is 2. The highest BCUT2D eigenvalue weighted by Crippen LogP contribution is 2.33. The molecule has 12 heteroatoms. The van der Waals surface area contributed by atoms with Gasteiger partial charge in [-0.05, 0) is 60.7 Å². The van der Waals surface area contributed by atoms with E-state index >= 15 is 0 Å². The van der Waals surface area contributed by atoms with Gasteiger partial charge in [-0.2, -0.15) is 0 Å². The molecule has 0 spiro atoms. The Hall–Kier alpha value is -2.98. The fourth-order valence-electron chi connectivity index (χ4n) is 3.42. The topological polar surface area (TPSA) is 84.0 Å². The lowest BCUT2D eigenvalue weighted by Gasteiger charge is -2.05. The molecule has 0 fully saturated rings. The van der Waals surface area contributed by atoms with Crippen LogP contribution < -0.4 is 10.6 Å². The summed E-state index contributed by atoms with van der Waals surface area (Å²) in [6.07, 6.45) is 0. The van der Waals surface area contributed by atoms with Gasteiger partial charge in [-0.25, -0.2) is 9.97 Å². The van der Waals surface area contributed by atoms with E-state index in [1.54, 1.807) is 71.4 Å². The number of anilines is 2. The Morgan fingerprint density at radius 2 is 1.00 bits per heavy atom. The second kappa shape index (κ2) is 11.4. The number of hydrogen-bond acceptors (Lipinski definition) is 6. The molecule has 5 aromatic rings. The number of hydrogen-bond donors (Lipinski definition) is 2. The molecule has 0 aliphatic heterocycles. The summed E-state index contributed by atoms with van der Waals surface area (Å²) in [5, 5.41) is 11.9. The van der Waals surface area contributed by atoms with Crippen LogP contribution in [0.4, 0.5) is 10.3 Å². The molecule has 2 N–H and O–H groups in total. The highest BCUT2D eigenvalue weighted by atomic mass is 35.5. The van der Waals surface area contributed by atoms with Crippen LogP contribution in [-0.4, -0.2) is 21.8 Å². The number of rotatable bonds is 6. The van der Waals surface area contributed by atoms with Crippen molar-refractivity contribution in [3.63, 3.8) is 0 Å². The molecule has 0 aliphatic carbocycles. The van der Waals surface area contributed by atoms with Gasteiger partial charge in [-0.1, -0.05) is 46.4 Å². The molecule has 2 amide bonds. The predicted molar refractivity (Wildman–Crippen MR) is 157 cm³/mol. The number of thiazole rings is 2. The summed E-state index contributed by atoms with van der Waals surface area (Å²) >= 11 is 27.0. The number of carbonyl (C=O) groups is 2. The SMILES string of the molecule is O=C(Nc1nc(-c2ccc(Cl)cc2Cl)cs1)c1ccc(C(=O)Nc2nc(-c3ccc(Cl)cc3Cl)cs2)cc1. The van der Waals surface area contributed by atoms with Crippen LogP contribution in [-0.2, 0) is 0 Å². The van der Waals surface area contributed by atoms with E-state index in [9.17, 15) is 9.59 Å². The maximum atomic E-state index is 12.7. The number of halogens is 4. The van der Waals surface area contributed by atoms with Crippen LogP contribution in [0.2, 0.25) is 20.1 Å². The van der Waals surface area contributed by atoms with Crippen molar-refractivity contribution in [1.29, 1.82) is 0 Å². The Morgan fingerprint density at radius 3 is 1.37 bits per heavy atom. The van der Waals surface area contributed by atoms with E-state index in [2.05, 4.69) is 20.6 Å². The molecule has 38 heavy (non-hydrogen) atoms. The van der Waals surface area contributed by atoms with Gasteiger partial charge in [-0.3, -0.25) is 20.2 Å². The highest BCUT2D eigenvalue weighted by Gasteiger charge is 2.15. The first kappa shape index (κ1) is 26.6.